The van der Waals surface area contributed by atoms with Gasteiger partial charge in [-0.3, -0.25) is 4.79 Å². The molecule has 0 aliphatic carbocycles. The molecule has 1 heterocycles. The molecule has 3 aromatic rings. The standard InChI is InChI=1S/C22H21NO6/c1-3-14-11-19(25)29-21-13(2)17(10-9-16(14)21)28-12-18(24)23-20(22(26)27)15-7-5-4-6-8-15/h4-11,20H,3,12H2,1-2H3,(H,23,24)(H,26,27)/p-1/t20-/m0/s1. The van der Waals surface area contributed by atoms with Crippen molar-refractivity contribution in [3.05, 3.63) is 75.6 Å². The van der Waals surface area contributed by atoms with Gasteiger partial charge < -0.3 is 24.4 Å². The fourth-order valence-corrected chi connectivity index (χ4v) is 3.13. The molecule has 1 aromatic heterocycles. The monoisotopic (exact) mass is 394 g/mol. The van der Waals surface area contributed by atoms with Crippen molar-refractivity contribution in [3.8, 4) is 5.75 Å². The van der Waals surface area contributed by atoms with Crippen LogP contribution in [-0.2, 0) is 16.0 Å². The number of hydrogen-bond acceptors (Lipinski definition) is 6. The van der Waals surface area contributed by atoms with E-state index in [0.717, 1.165) is 10.9 Å². The molecule has 3 rings (SSSR count). The first-order chi connectivity index (χ1) is 13.9. The fraction of sp³-hybridized carbons (Fsp3) is 0.227. The molecule has 7 heteroatoms. The summed E-state index contributed by atoms with van der Waals surface area (Å²) in [6.07, 6.45) is 0.675. The molecule has 0 aliphatic rings. The van der Waals surface area contributed by atoms with Crippen LogP contribution in [0.4, 0.5) is 0 Å². The minimum absolute atomic E-state index is 0.369. The van der Waals surface area contributed by atoms with Crippen LogP contribution in [0.25, 0.3) is 11.0 Å². The Kier molecular flexibility index (Phi) is 5.97. The molecule has 2 aromatic carbocycles. The van der Waals surface area contributed by atoms with Crippen LogP contribution < -0.4 is 20.8 Å². The maximum absolute atomic E-state index is 12.2. The van der Waals surface area contributed by atoms with E-state index in [1.165, 1.54) is 6.07 Å². The highest BCUT2D eigenvalue weighted by Crippen LogP contribution is 2.28. The van der Waals surface area contributed by atoms with Crippen LogP contribution in [0.5, 0.6) is 5.75 Å². The quantitative estimate of drug-likeness (QED) is 0.611. The lowest BCUT2D eigenvalue weighted by atomic mass is 10.0. The van der Waals surface area contributed by atoms with Crippen molar-refractivity contribution in [1.82, 2.24) is 5.32 Å². The average Bonchev–Trinajstić information content (AvgIpc) is 2.71. The highest BCUT2D eigenvalue weighted by atomic mass is 16.5. The first-order valence-corrected chi connectivity index (χ1v) is 9.15. The van der Waals surface area contributed by atoms with Crippen molar-refractivity contribution in [1.29, 1.82) is 0 Å². The van der Waals surface area contributed by atoms with Crippen LogP contribution in [0.3, 0.4) is 0 Å². The molecule has 29 heavy (non-hydrogen) atoms. The van der Waals surface area contributed by atoms with E-state index in [4.69, 9.17) is 9.15 Å². The van der Waals surface area contributed by atoms with Crippen molar-refractivity contribution in [2.24, 2.45) is 0 Å². The van der Waals surface area contributed by atoms with Gasteiger partial charge in [-0.05, 0) is 36.6 Å². The second-order valence-electron chi connectivity index (χ2n) is 6.53. The van der Waals surface area contributed by atoms with E-state index in [1.807, 2.05) is 6.92 Å². The van der Waals surface area contributed by atoms with Gasteiger partial charge >= 0.3 is 5.63 Å². The van der Waals surface area contributed by atoms with E-state index in [-0.39, 0.29) is 0 Å². The first kappa shape index (κ1) is 20.1. The number of carbonyl (C=O) groups is 2. The highest BCUT2D eigenvalue weighted by molar-refractivity contribution is 5.86. The zero-order valence-corrected chi connectivity index (χ0v) is 16.1. The number of rotatable bonds is 7. The lowest BCUT2D eigenvalue weighted by Gasteiger charge is -2.20. The summed E-state index contributed by atoms with van der Waals surface area (Å²) >= 11 is 0. The van der Waals surface area contributed by atoms with Gasteiger partial charge in [-0.15, -0.1) is 0 Å². The second kappa shape index (κ2) is 8.60. The summed E-state index contributed by atoms with van der Waals surface area (Å²) in [5.74, 6) is -1.67. The summed E-state index contributed by atoms with van der Waals surface area (Å²) in [4.78, 5) is 35.4. The number of benzene rings is 2. The summed E-state index contributed by atoms with van der Waals surface area (Å²) in [6, 6.07) is 11.9. The Balaban J connectivity index is 1.76. The number of nitrogens with one attached hydrogen (secondary N) is 1. The highest BCUT2D eigenvalue weighted by Gasteiger charge is 2.17. The summed E-state index contributed by atoms with van der Waals surface area (Å²) in [6.45, 7) is 3.27. The average molecular weight is 394 g/mol. The van der Waals surface area contributed by atoms with Crippen molar-refractivity contribution in [3.63, 3.8) is 0 Å². The van der Waals surface area contributed by atoms with Crippen LogP contribution in [0.15, 0.2) is 57.7 Å². The van der Waals surface area contributed by atoms with Gasteiger partial charge in [0.2, 0.25) is 0 Å². The number of carboxylic acids is 1. The fourth-order valence-electron chi connectivity index (χ4n) is 3.13. The Bertz CT molecular complexity index is 1100. The zero-order chi connectivity index (χ0) is 21.0. The van der Waals surface area contributed by atoms with Crippen molar-refractivity contribution < 1.29 is 23.8 Å². The van der Waals surface area contributed by atoms with E-state index in [0.29, 0.717) is 28.9 Å². The number of fused-ring (bicyclic) bond motifs is 1. The molecule has 0 unspecified atom stereocenters. The SMILES string of the molecule is CCc1cc(=O)oc2c(C)c(OCC(=O)N[C@H](C(=O)[O-])c3ccccc3)ccc12. The molecule has 7 nitrogen and oxygen atoms in total. The van der Waals surface area contributed by atoms with E-state index < -0.39 is 30.2 Å². The lowest BCUT2D eigenvalue weighted by molar-refractivity contribution is -0.308. The zero-order valence-electron chi connectivity index (χ0n) is 16.1. The van der Waals surface area contributed by atoms with E-state index in [1.54, 1.807) is 49.4 Å². The molecule has 0 saturated heterocycles. The molecule has 0 radical (unpaired) electrons. The summed E-state index contributed by atoms with van der Waals surface area (Å²) < 4.78 is 10.9. The molecule has 1 atom stereocenters. The normalized spacial score (nSPS) is 11.8. The topological polar surface area (TPSA) is 109 Å². The number of ether oxygens (including phenoxy) is 1. The van der Waals surface area contributed by atoms with Crippen LogP contribution in [0.2, 0.25) is 0 Å². The third kappa shape index (κ3) is 4.45. The van der Waals surface area contributed by atoms with Gasteiger partial charge in [-0.25, -0.2) is 4.79 Å². The van der Waals surface area contributed by atoms with Gasteiger partial charge in [0.1, 0.15) is 11.3 Å². The third-order valence-corrected chi connectivity index (χ3v) is 4.61. The minimum Gasteiger partial charge on any atom is -0.548 e. The molecule has 150 valence electrons. The van der Waals surface area contributed by atoms with Crippen molar-refractivity contribution in [2.75, 3.05) is 6.61 Å². The van der Waals surface area contributed by atoms with Crippen molar-refractivity contribution in [2.45, 2.75) is 26.3 Å². The summed E-state index contributed by atoms with van der Waals surface area (Å²) in [5, 5.41) is 14.6. The predicted molar refractivity (Wildman–Crippen MR) is 104 cm³/mol. The van der Waals surface area contributed by atoms with Gasteiger partial charge in [-0.1, -0.05) is 37.3 Å². The van der Waals surface area contributed by atoms with E-state index in [2.05, 4.69) is 5.32 Å². The van der Waals surface area contributed by atoms with Crippen LogP contribution in [-0.4, -0.2) is 18.5 Å². The van der Waals surface area contributed by atoms with Gasteiger partial charge in [0, 0.05) is 17.0 Å². The third-order valence-electron chi connectivity index (χ3n) is 4.61. The first-order valence-electron chi connectivity index (χ1n) is 9.15. The molecule has 0 saturated carbocycles. The molecule has 1 N–H and O–H groups in total. The Labute approximate surface area is 166 Å². The number of hydrogen-bond donors (Lipinski definition) is 1. The maximum Gasteiger partial charge on any atom is 0.336 e. The maximum atomic E-state index is 12.2. The molecular formula is C22H20NO6-. The predicted octanol–water partition coefficient (Wildman–Crippen LogP) is 1.65. The van der Waals surface area contributed by atoms with Gasteiger partial charge in [0.05, 0.1) is 12.0 Å². The van der Waals surface area contributed by atoms with Crippen molar-refractivity contribution >= 4 is 22.8 Å². The number of amides is 1. The summed E-state index contributed by atoms with van der Waals surface area (Å²) in [5.41, 5.74) is 1.80. The van der Waals surface area contributed by atoms with Gasteiger partial charge in [-0.2, -0.15) is 0 Å². The number of aryl methyl sites for hydroxylation is 2. The molecular weight excluding hydrogens is 374 g/mol. The molecule has 0 bridgehead atoms. The minimum atomic E-state index is -1.42. The number of carboxylic acid groups (broad SMARTS) is 1. The Morgan fingerprint density at radius 3 is 2.55 bits per heavy atom. The summed E-state index contributed by atoms with van der Waals surface area (Å²) in [7, 11) is 0. The largest absolute Gasteiger partial charge is 0.548 e. The Hall–Kier alpha value is -3.61. The van der Waals surface area contributed by atoms with E-state index >= 15 is 0 Å². The number of aliphatic carboxylic acids is 1. The lowest BCUT2D eigenvalue weighted by Crippen LogP contribution is -2.43. The molecule has 0 spiro atoms. The molecule has 0 fully saturated rings. The molecule has 1 amide bonds. The van der Waals surface area contributed by atoms with Gasteiger partial charge in [0.15, 0.2) is 6.61 Å². The Morgan fingerprint density at radius 1 is 1.17 bits per heavy atom. The van der Waals surface area contributed by atoms with E-state index in [9.17, 15) is 19.5 Å². The Morgan fingerprint density at radius 2 is 1.90 bits per heavy atom. The van der Waals surface area contributed by atoms with Gasteiger partial charge in [0.25, 0.3) is 5.91 Å². The van der Waals surface area contributed by atoms with Crippen LogP contribution in [0.1, 0.15) is 29.7 Å². The van der Waals surface area contributed by atoms with Crippen LogP contribution >= 0.6 is 0 Å². The van der Waals surface area contributed by atoms with Crippen LogP contribution in [0, 0.1) is 6.92 Å². The second-order valence-corrected chi connectivity index (χ2v) is 6.53. The molecule has 0 aliphatic heterocycles. The number of carbonyl (C=O) groups excluding carboxylic acids is 2. The smallest absolute Gasteiger partial charge is 0.336 e.